The number of halogens is 3. The first-order valence-electron chi connectivity index (χ1n) is 8.82. The van der Waals surface area contributed by atoms with Gasteiger partial charge in [-0.05, 0) is 51.3 Å². The molecule has 3 aromatic rings. The Labute approximate surface area is 169 Å². The van der Waals surface area contributed by atoms with Gasteiger partial charge in [0.1, 0.15) is 16.8 Å². The number of nitrogens with zero attached hydrogens (tertiary/aromatic N) is 3. The number of hydrogen-bond acceptors (Lipinski definition) is 5. The predicted molar refractivity (Wildman–Crippen MR) is 105 cm³/mol. The van der Waals surface area contributed by atoms with Crippen LogP contribution in [-0.2, 0) is 22.1 Å². The summed E-state index contributed by atoms with van der Waals surface area (Å²) in [5.41, 5.74) is -2.86. The van der Waals surface area contributed by atoms with Gasteiger partial charge in [0.05, 0.1) is 6.42 Å². The lowest BCUT2D eigenvalue weighted by atomic mass is 10.00. The van der Waals surface area contributed by atoms with E-state index in [-0.39, 0.29) is 23.5 Å². The van der Waals surface area contributed by atoms with E-state index in [0.717, 1.165) is 6.07 Å². The molecule has 10 heteroatoms. The first kappa shape index (κ1) is 21.3. The van der Waals surface area contributed by atoms with E-state index in [1.165, 1.54) is 28.9 Å². The summed E-state index contributed by atoms with van der Waals surface area (Å²) in [5.74, 6) is -0.438. The van der Waals surface area contributed by atoms with E-state index in [9.17, 15) is 23.1 Å². The number of nitrogens with one attached hydrogen (secondary N) is 1. The van der Waals surface area contributed by atoms with Crippen LogP contribution >= 0.6 is 11.3 Å². The summed E-state index contributed by atoms with van der Waals surface area (Å²) in [7, 11) is 0. The molecule has 3 aromatic heterocycles. The van der Waals surface area contributed by atoms with Crippen LogP contribution in [-0.4, -0.2) is 25.5 Å². The van der Waals surface area contributed by atoms with Gasteiger partial charge < -0.3 is 5.11 Å². The van der Waals surface area contributed by atoms with E-state index < -0.39 is 28.9 Å². The van der Waals surface area contributed by atoms with Crippen molar-refractivity contribution in [2.45, 2.75) is 51.4 Å². The van der Waals surface area contributed by atoms with Gasteiger partial charge in [-0.3, -0.25) is 14.7 Å². The monoisotopic (exact) mass is 426 g/mol. The third-order valence-corrected chi connectivity index (χ3v) is 5.40. The van der Waals surface area contributed by atoms with Crippen LogP contribution in [0.15, 0.2) is 29.6 Å². The van der Waals surface area contributed by atoms with Crippen LogP contribution in [0.2, 0.25) is 0 Å². The van der Waals surface area contributed by atoms with E-state index in [1.807, 2.05) is 0 Å². The van der Waals surface area contributed by atoms with Gasteiger partial charge in [-0.2, -0.15) is 13.2 Å². The Morgan fingerprint density at radius 2 is 1.86 bits per heavy atom. The van der Waals surface area contributed by atoms with Crippen LogP contribution in [0.3, 0.4) is 0 Å². The molecule has 0 unspecified atom stereocenters. The molecule has 156 valence electrons. The number of rotatable bonds is 4. The van der Waals surface area contributed by atoms with Crippen LogP contribution in [0.1, 0.15) is 44.7 Å². The fourth-order valence-electron chi connectivity index (χ4n) is 2.99. The van der Waals surface area contributed by atoms with E-state index in [2.05, 4.69) is 15.3 Å². The second-order valence-electron chi connectivity index (χ2n) is 7.95. The number of amides is 1. The summed E-state index contributed by atoms with van der Waals surface area (Å²) in [5, 5.41) is 15.0. The third-order valence-electron chi connectivity index (χ3n) is 4.27. The van der Waals surface area contributed by atoms with Crippen molar-refractivity contribution in [1.29, 1.82) is 0 Å². The molecule has 0 saturated heterocycles. The Bertz CT molecular complexity index is 1030. The van der Waals surface area contributed by atoms with Crippen molar-refractivity contribution in [1.82, 2.24) is 14.5 Å². The van der Waals surface area contributed by atoms with Crippen molar-refractivity contribution in [2.75, 3.05) is 5.32 Å². The first-order chi connectivity index (χ1) is 13.3. The SMILES string of the molecule is CC(C)(C)n1c(NC(=O)C[C@](C)(O)c2cccs2)nc2ccc(C(F)(F)F)nc21. The summed E-state index contributed by atoms with van der Waals surface area (Å²) in [6.45, 7) is 6.84. The lowest BCUT2D eigenvalue weighted by molar-refractivity contribution is -0.141. The fourth-order valence-corrected chi connectivity index (χ4v) is 3.78. The molecule has 0 aliphatic carbocycles. The molecule has 0 aliphatic heterocycles. The highest BCUT2D eigenvalue weighted by Crippen LogP contribution is 2.33. The van der Waals surface area contributed by atoms with Crippen molar-refractivity contribution in [3.05, 3.63) is 40.2 Å². The van der Waals surface area contributed by atoms with Crippen LogP contribution in [0.25, 0.3) is 11.2 Å². The predicted octanol–water partition coefficient (Wildman–Crippen LogP) is 4.50. The summed E-state index contributed by atoms with van der Waals surface area (Å²) in [4.78, 5) is 21.2. The van der Waals surface area contributed by atoms with Gasteiger partial charge in [0.2, 0.25) is 11.9 Å². The van der Waals surface area contributed by atoms with Crippen molar-refractivity contribution < 1.29 is 23.1 Å². The second-order valence-corrected chi connectivity index (χ2v) is 8.90. The maximum absolute atomic E-state index is 13.1. The number of hydrogen-bond donors (Lipinski definition) is 2. The van der Waals surface area contributed by atoms with Gasteiger partial charge in [-0.1, -0.05) is 6.07 Å². The smallest absolute Gasteiger partial charge is 0.384 e. The largest absolute Gasteiger partial charge is 0.433 e. The minimum Gasteiger partial charge on any atom is -0.384 e. The van der Waals surface area contributed by atoms with Gasteiger partial charge in [0.15, 0.2) is 5.65 Å². The molecule has 0 fully saturated rings. The number of pyridine rings is 1. The Hall–Kier alpha value is -2.46. The number of thiophene rings is 1. The molecule has 0 aliphatic rings. The van der Waals surface area contributed by atoms with Crippen molar-refractivity contribution in [3.8, 4) is 0 Å². The van der Waals surface area contributed by atoms with Gasteiger partial charge in [-0.15, -0.1) is 11.3 Å². The van der Waals surface area contributed by atoms with Crippen LogP contribution in [0.4, 0.5) is 19.1 Å². The fraction of sp³-hybridized carbons (Fsp3) is 0.421. The molecule has 29 heavy (non-hydrogen) atoms. The van der Waals surface area contributed by atoms with Crippen molar-refractivity contribution >= 4 is 34.4 Å². The average Bonchev–Trinajstić information content (AvgIpc) is 3.19. The molecule has 6 nitrogen and oxygen atoms in total. The maximum atomic E-state index is 13.1. The molecular formula is C19H21F3N4O2S. The third kappa shape index (κ3) is 4.43. The molecule has 3 rings (SSSR count). The molecule has 3 heterocycles. The molecule has 1 amide bonds. The number of aromatic nitrogens is 3. The zero-order valence-electron chi connectivity index (χ0n) is 16.3. The number of aliphatic hydroxyl groups is 1. The van der Waals surface area contributed by atoms with Crippen molar-refractivity contribution in [3.63, 3.8) is 0 Å². The lowest BCUT2D eigenvalue weighted by Gasteiger charge is -2.25. The molecule has 0 aromatic carbocycles. The molecule has 0 bridgehead atoms. The molecule has 0 saturated carbocycles. The standard InChI is InChI=1S/C19H21F3N4O2S/c1-17(2,3)26-15-11(7-8-12(24-15)19(20,21)22)23-16(26)25-14(27)10-18(4,28)13-6-5-9-29-13/h5-9,28H,10H2,1-4H3,(H,23,25,27)/t18-/m0/s1. The second kappa shape index (κ2) is 7.10. The topological polar surface area (TPSA) is 80.0 Å². The highest BCUT2D eigenvalue weighted by Gasteiger charge is 2.34. The zero-order chi connectivity index (χ0) is 21.6. The number of anilines is 1. The summed E-state index contributed by atoms with van der Waals surface area (Å²) < 4.78 is 40.7. The Kier molecular flexibility index (Phi) is 5.20. The molecule has 0 spiro atoms. The minimum absolute atomic E-state index is 0.0210. The number of carbonyl (C=O) groups excluding carboxylic acids is 1. The summed E-state index contributed by atoms with van der Waals surface area (Å²) in [6, 6.07) is 5.58. The lowest BCUT2D eigenvalue weighted by Crippen LogP contribution is -2.30. The number of imidazole rings is 1. The van der Waals surface area contributed by atoms with Crippen LogP contribution in [0, 0.1) is 0 Å². The first-order valence-corrected chi connectivity index (χ1v) is 9.70. The number of alkyl halides is 3. The Morgan fingerprint density at radius 1 is 1.17 bits per heavy atom. The van der Waals surface area contributed by atoms with Gasteiger partial charge in [0, 0.05) is 10.4 Å². The van der Waals surface area contributed by atoms with Gasteiger partial charge in [-0.25, -0.2) is 9.97 Å². The van der Waals surface area contributed by atoms with Crippen LogP contribution in [0.5, 0.6) is 0 Å². The number of carbonyl (C=O) groups is 1. The van der Waals surface area contributed by atoms with Crippen molar-refractivity contribution in [2.24, 2.45) is 0 Å². The average molecular weight is 426 g/mol. The molecule has 2 N–H and O–H groups in total. The van der Waals surface area contributed by atoms with Gasteiger partial charge in [0.25, 0.3) is 0 Å². The minimum atomic E-state index is -4.59. The normalized spacial score (nSPS) is 14.8. The molecule has 1 atom stereocenters. The van der Waals surface area contributed by atoms with E-state index in [0.29, 0.717) is 4.88 Å². The maximum Gasteiger partial charge on any atom is 0.433 e. The molecular weight excluding hydrogens is 405 g/mol. The van der Waals surface area contributed by atoms with E-state index in [4.69, 9.17) is 0 Å². The summed E-state index contributed by atoms with van der Waals surface area (Å²) >= 11 is 1.33. The molecule has 0 radical (unpaired) electrons. The Morgan fingerprint density at radius 3 is 2.41 bits per heavy atom. The summed E-state index contributed by atoms with van der Waals surface area (Å²) in [6.07, 6.45) is -4.83. The van der Waals surface area contributed by atoms with Gasteiger partial charge >= 0.3 is 6.18 Å². The highest BCUT2D eigenvalue weighted by molar-refractivity contribution is 7.10. The van der Waals surface area contributed by atoms with E-state index in [1.54, 1.807) is 38.3 Å². The Balaban J connectivity index is 1.97. The van der Waals surface area contributed by atoms with E-state index >= 15 is 0 Å². The quantitative estimate of drug-likeness (QED) is 0.644. The zero-order valence-corrected chi connectivity index (χ0v) is 17.1. The van der Waals surface area contributed by atoms with Crippen LogP contribution < -0.4 is 5.32 Å². The highest BCUT2D eigenvalue weighted by atomic mass is 32.1. The number of fused-ring (bicyclic) bond motifs is 1.